The van der Waals surface area contributed by atoms with Gasteiger partial charge in [-0.05, 0) is 19.8 Å². The fraction of sp³-hybridized carbons (Fsp3) is 0.417. The molecule has 2 aromatic heterocycles. The van der Waals surface area contributed by atoms with E-state index in [1.807, 2.05) is 0 Å². The highest BCUT2D eigenvalue weighted by atomic mass is 19.4. The summed E-state index contributed by atoms with van der Waals surface area (Å²) in [7, 11) is 0. The summed E-state index contributed by atoms with van der Waals surface area (Å²) in [6, 6.07) is 0. The molecule has 1 saturated carbocycles. The molecule has 8 heteroatoms. The van der Waals surface area contributed by atoms with Gasteiger partial charge in [-0.2, -0.15) is 18.3 Å². The first-order valence-electron chi connectivity index (χ1n) is 6.12. The predicted molar refractivity (Wildman–Crippen MR) is 65.3 cm³/mol. The van der Waals surface area contributed by atoms with E-state index in [0.29, 0.717) is 17.2 Å². The SMILES string of the molecule is Cc1c(N)nc(C2CC2)nc1-n1cc(C(F)(F)F)cn1. The molecule has 0 saturated heterocycles. The van der Waals surface area contributed by atoms with E-state index in [4.69, 9.17) is 5.73 Å². The number of halogens is 3. The zero-order valence-electron chi connectivity index (χ0n) is 10.6. The van der Waals surface area contributed by atoms with E-state index in [2.05, 4.69) is 15.1 Å². The number of anilines is 1. The summed E-state index contributed by atoms with van der Waals surface area (Å²) in [6.45, 7) is 1.66. The first-order chi connectivity index (χ1) is 9.36. The van der Waals surface area contributed by atoms with Crippen molar-refractivity contribution in [2.24, 2.45) is 0 Å². The van der Waals surface area contributed by atoms with Gasteiger partial charge in [-0.15, -0.1) is 0 Å². The van der Waals surface area contributed by atoms with Crippen molar-refractivity contribution >= 4 is 5.82 Å². The van der Waals surface area contributed by atoms with Gasteiger partial charge in [0.1, 0.15) is 11.6 Å². The van der Waals surface area contributed by atoms with Gasteiger partial charge in [0.15, 0.2) is 5.82 Å². The van der Waals surface area contributed by atoms with E-state index < -0.39 is 11.7 Å². The largest absolute Gasteiger partial charge is 0.419 e. The minimum Gasteiger partial charge on any atom is -0.383 e. The van der Waals surface area contributed by atoms with E-state index in [1.165, 1.54) is 0 Å². The molecule has 0 aromatic carbocycles. The summed E-state index contributed by atoms with van der Waals surface area (Å²) in [5, 5.41) is 3.73. The van der Waals surface area contributed by atoms with Gasteiger partial charge in [0.2, 0.25) is 0 Å². The molecule has 106 valence electrons. The molecule has 1 aliphatic rings. The van der Waals surface area contributed by atoms with Crippen LogP contribution in [0, 0.1) is 6.92 Å². The lowest BCUT2D eigenvalue weighted by Gasteiger charge is -2.09. The lowest BCUT2D eigenvalue weighted by molar-refractivity contribution is -0.137. The number of nitrogens with zero attached hydrogens (tertiary/aromatic N) is 4. The highest BCUT2D eigenvalue weighted by Gasteiger charge is 2.33. The van der Waals surface area contributed by atoms with Crippen LogP contribution in [0.3, 0.4) is 0 Å². The Bertz CT molecular complexity index is 658. The Morgan fingerprint density at radius 2 is 2.00 bits per heavy atom. The van der Waals surface area contributed by atoms with E-state index in [9.17, 15) is 13.2 Å². The summed E-state index contributed by atoms with van der Waals surface area (Å²) in [5.74, 6) is 1.41. The standard InChI is InChI=1S/C12H12F3N5/c1-6-9(16)18-10(7-2-3-7)19-11(6)20-5-8(4-17-20)12(13,14)15/h4-5,7H,2-3H2,1H3,(H2,16,18,19). The number of hydrogen-bond donors (Lipinski definition) is 1. The molecule has 2 N–H and O–H groups in total. The van der Waals surface area contributed by atoms with Crippen molar-refractivity contribution in [3.63, 3.8) is 0 Å². The number of nitrogens with two attached hydrogens (primary N) is 1. The minimum atomic E-state index is -4.43. The fourth-order valence-corrected chi connectivity index (χ4v) is 1.87. The van der Waals surface area contributed by atoms with Crippen molar-refractivity contribution in [3.05, 3.63) is 29.3 Å². The molecule has 0 unspecified atom stereocenters. The zero-order valence-corrected chi connectivity index (χ0v) is 10.6. The molecule has 2 heterocycles. The average molecular weight is 283 g/mol. The first kappa shape index (κ1) is 12.9. The van der Waals surface area contributed by atoms with Crippen molar-refractivity contribution in [2.75, 3.05) is 5.73 Å². The van der Waals surface area contributed by atoms with Crippen molar-refractivity contribution in [1.29, 1.82) is 0 Å². The Hall–Kier alpha value is -2.12. The third-order valence-corrected chi connectivity index (χ3v) is 3.24. The van der Waals surface area contributed by atoms with Crippen LogP contribution in [-0.4, -0.2) is 19.7 Å². The quantitative estimate of drug-likeness (QED) is 0.919. The van der Waals surface area contributed by atoms with Gasteiger partial charge in [0.25, 0.3) is 0 Å². The van der Waals surface area contributed by atoms with Crippen LogP contribution in [0.25, 0.3) is 5.82 Å². The van der Waals surface area contributed by atoms with Crippen molar-refractivity contribution in [3.8, 4) is 5.82 Å². The van der Waals surface area contributed by atoms with Gasteiger partial charge in [-0.1, -0.05) is 0 Å². The highest BCUT2D eigenvalue weighted by molar-refractivity contribution is 5.48. The maximum atomic E-state index is 12.6. The fourth-order valence-electron chi connectivity index (χ4n) is 1.87. The monoisotopic (exact) mass is 283 g/mol. The van der Waals surface area contributed by atoms with Gasteiger partial charge in [0.05, 0.1) is 11.8 Å². The van der Waals surface area contributed by atoms with Gasteiger partial charge in [0, 0.05) is 17.7 Å². The van der Waals surface area contributed by atoms with Gasteiger partial charge < -0.3 is 5.73 Å². The van der Waals surface area contributed by atoms with E-state index in [1.54, 1.807) is 6.92 Å². The van der Waals surface area contributed by atoms with Crippen LogP contribution in [-0.2, 0) is 6.18 Å². The van der Waals surface area contributed by atoms with Crippen LogP contribution in [0.2, 0.25) is 0 Å². The third kappa shape index (κ3) is 2.21. The van der Waals surface area contributed by atoms with Crippen molar-refractivity contribution < 1.29 is 13.2 Å². The molecule has 1 aliphatic carbocycles. The number of aromatic nitrogens is 4. The number of alkyl halides is 3. The summed E-state index contributed by atoms with van der Waals surface area (Å²) < 4.78 is 38.9. The van der Waals surface area contributed by atoms with Gasteiger partial charge >= 0.3 is 6.18 Å². The van der Waals surface area contributed by atoms with Gasteiger partial charge in [-0.25, -0.2) is 14.6 Å². The molecular weight excluding hydrogens is 271 g/mol. The van der Waals surface area contributed by atoms with Crippen LogP contribution in [0.15, 0.2) is 12.4 Å². The van der Waals surface area contributed by atoms with Crippen molar-refractivity contribution in [2.45, 2.75) is 31.9 Å². The van der Waals surface area contributed by atoms with Crippen LogP contribution in [0.4, 0.5) is 19.0 Å². The maximum absolute atomic E-state index is 12.6. The van der Waals surface area contributed by atoms with Crippen molar-refractivity contribution in [1.82, 2.24) is 19.7 Å². The molecule has 0 radical (unpaired) electrons. The highest BCUT2D eigenvalue weighted by Crippen LogP contribution is 2.39. The van der Waals surface area contributed by atoms with Crippen LogP contribution < -0.4 is 5.73 Å². The summed E-state index contributed by atoms with van der Waals surface area (Å²) in [4.78, 5) is 8.48. The maximum Gasteiger partial charge on any atom is 0.419 e. The predicted octanol–water partition coefficient (Wildman–Crippen LogP) is 2.45. The van der Waals surface area contributed by atoms with Crippen LogP contribution in [0.1, 0.15) is 35.7 Å². The molecule has 0 amide bonds. The Morgan fingerprint density at radius 1 is 1.30 bits per heavy atom. The second-order valence-electron chi connectivity index (χ2n) is 4.86. The Morgan fingerprint density at radius 3 is 2.55 bits per heavy atom. The summed E-state index contributed by atoms with van der Waals surface area (Å²) >= 11 is 0. The normalized spacial score (nSPS) is 15.6. The molecule has 3 rings (SSSR count). The van der Waals surface area contributed by atoms with Gasteiger partial charge in [-0.3, -0.25) is 0 Å². The van der Waals surface area contributed by atoms with E-state index in [-0.39, 0.29) is 11.7 Å². The summed E-state index contributed by atoms with van der Waals surface area (Å²) in [6.07, 6.45) is -0.784. The second kappa shape index (κ2) is 4.19. The molecule has 2 aromatic rings. The van der Waals surface area contributed by atoms with Crippen LogP contribution >= 0.6 is 0 Å². The Balaban J connectivity index is 2.07. The molecule has 20 heavy (non-hydrogen) atoms. The molecule has 0 bridgehead atoms. The van der Waals surface area contributed by atoms with E-state index in [0.717, 1.165) is 29.9 Å². The molecular formula is C12H12F3N5. The minimum absolute atomic E-state index is 0.259. The first-order valence-corrected chi connectivity index (χ1v) is 6.12. The summed E-state index contributed by atoms with van der Waals surface area (Å²) in [5.41, 5.74) is 5.50. The third-order valence-electron chi connectivity index (χ3n) is 3.24. The lowest BCUT2D eigenvalue weighted by atomic mass is 10.3. The Kier molecular flexibility index (Phi) is 2.70. The molecule has 0 aliphatic heterocycles. The molecule has 1 fully saturated rings. The molecule has 0 spiro atoms. The molecule has 0 atom stereocenters. The number of rotatable bonds is 2. The Labute approximate surface area is 112 Å². The zero-order chi connectivity index (χ0) is 14.5. The smallest absolute Gasteiger partial charge is 0.383 e. The number of nitrogen functional groups attached to an aromatic ring is 1. The van der Waals surface area contributed by atoms with E-state index >= 15 is 0 Å². The average Bonchev–Trinajstić information content (AvgIpc) is 3.08. The number of hydrogen-bond acceptors (Lipinski definition) is 4. The molecule has 5 nitrogen and oxygen atoms in total. The topological polar surface area (TPSA) is 69.6 Å². The second-order valence-corrected chi connectivity index (χ2v) is 4.86. The lowest BCUT2D eigenvalue weighted by Crippen LogP contribution is -2.09. The van der Waals surface area contributed by atoms with Crippen LogP contribution in [0.5, 0.6) is 0 Å².